The fourth-order valence-corrected chi connectivity index (χ4v) is 1.63. The molecular formula is C13H21NO2. The zero-order chi connectivity index (χ0) is 12.0. The molecule has 3 nitrogen and oxygen atoms in total. The first kappa shape index (κ1) is 13.0. The third-order valence-electron chi connectivity index (χ3n) is 2.43. The van der Waals surface area contributed by atoms with Crippen molar-refractivity contribution in [2.24, 2.45) is 11.7 Å². The first-order valence-corrected chi connectivity index (χ1v) is 5.71. The maximum absolute atomic E-state index is 9.27. The molecule has 1 aromatic carbocycles. The predicted octanol–water partition coefficient (Wildman–Crippen LogP) is 1.80. The van der Waals surface area contributed by atoms with Gasteiger partial charge < -0.3 is 15.6 Å². The Morgan fingerprint density at radius 1 is 1.25 bits per heavy atom. The molecule has 1 aromatic rings. The minimum atomic E-state index is -0.329. The fraction of sp³-hybridized carbons (Fsp3) is 0.538. The molecular weight excluding hydrogens is 202 g/mol. The Hall–Kier alpha value is -1.06. The summed E-state index contributed by atoms with van der Waals surface area (Å²) in [4.78, 5) is 0. The molecule has 0 aliphatic rings. The second-order valence-corrected chi connectivity index (χ2v) is 4.45. The molecule has 0 saturated heterocycles. The van der Waals surface area contributed by atoms with Gasteiger partial charge in [-0.1, -0.05) is 32.0 Å². The zero-order valence-electron chi connectivity index (χ0n) is 9.97. The number of benzene rings is 1. The van der Waals surface area contributed by atoms with Crippen LogP contribution in [0.15, 0.2) is 30.3 Å². The normalized spacial score (nSPS) is 14.8. The molecule has 2 unspecified atom stereocenters. The van der Waals surface area contributed by atoms with Crippen molar-refractivity contribution in [3.8, 4) is 5.75 Å². The van der Waals surface area contributed by atoms with Gasteiger partial charge in [0.25, 0.3) is 0 Å². The highest BCUT2D eigenvalue weighted by Gasteiger charge is 2.19. The average Bonchev–Trinajstić information content (AvgIpc) is 2.26. The summed E-state index contributed by atoms with van der Waals surface area (Å²) in [5.74, 6) is 1.25. The highest BCUT2D eigenvalue weighted by Crippen LogP contribution is 2.14. The summed E-state index contributed by atoms with van der Waals surface area (Å²) < 4.78 is 5.65. The minimum Gasteiger partial charge on any atom is -0.486 e. The third kappa shape index (κ3) is 4.21. The summed E-state index contributed by atoms with van der Waals surface area (Å²) in [5, 5.41) is 9.27. The van der Waals surface area contributed by atoms with E-state index in [1.165, 1.54) is 0 Å². The molecule has 0 aromatic heterocycles. The Bertz CT molecular complexity index is 287. The van der Waals surface area contributed by atoms with Gasteiger partial charge in [-0.2, -0.15) is 0 Å². The van der Waals surface area contributed by atoms with Crippen molar-refractivity contribution in [3.63, 3.8) is 0 Å². The van der Waals surface area contributed by atoms with E-state index in [1.807, 2.05) is 30.3 Å². The Kier molecular flexibility index (Phi) is 5.29. The van der Waals surface area contributed by atoms with Crippen LogP contribution < -0.4 is 10.5 Å². The molecule has 0 saturated carbocycles. The van der Waals surface area contributed by atoms with E-state index in [4.69, 9.17) is 10.5 Å². The number of ether oxygens (including phenoxy) is 1. The van der Waals surface area contributed by atoms with Crippen molar-refractivity contribution in [1.29, 1.82) is 0 Å². The number of nitrogens with two attached hydrogens (primary N) is 1. The largest absolute Gasteiger partial charge is 0.486 e. The second-order valence-electron chi connectivity index (χ2n) is 4.45. The third-order valence-corrected chi connectivity index (χ3v) is 2.43. The van der Waals surface area contributed by atoms with Gasteiger partial charge in [0.2, 0.25) is 0 Å². The summed E-state index contributed by atoms with van der Waals surface area (Å²) in [6, 6.07) is 9.32. The highest BCUT2D eigenvalue weighted by molar-refractivity contribution is 5.21. The summed E-state index contributed by atoms with van der Waals surface area (Å²) in [5.41, 5.74) is 5.99. The molecule has 2 atom stereocenters. The quantitative estimate of drug-likeness (QED) is 0.773. The van der Waals surface area contributed by atoms with E-state index >= 15 is 0 Å². The van der Waals surface area contributed by atoms with Crippen molar-refractivity contribution in [2.45, 2.75) is 32.4 Å². The maximum Gasteiger partial charge on any atom is 0.137 e. The molecule has 16 heavy (non-hydrogen) atoms. The molecule has 3 heteroatoms. The lowest BCUT2D eigenvalue weighted by molar-refractivity contribution is 0.0882. The van der Waals surface area contributed by atoms with Crippen molar-refractivity contribution in [2.75, 3.05) is 6.61 Å². The predicted molar refractivity (Wildman–Crippen MR) is 65.4 cm³/mol. The van der Waals surface area contributed by atoms with Crippen LogP contribution in [0.5, 0.6) is 5.75 Å². The van der Waals surface area contributed by atoms with Gasteiger partial charge in [0.05, 0.1) is 6.61 Å². The average molecular weight is 223 g/mol. The van der Waals surface area contributed by atoms with Gasteiger partial charge >= 0.3 is 0 Å². The van der Waals surface area contributed by atoms with E-state index in [-0.39, 0.29) is 18.8 Å². The SMILES string of the molecule is CC(C)CC(N)C(CO)Oc1ccccc1. The fourth-order valence-electron chi connectivity index (χ4n) is 1.63. The highest BCUT2D eigenvalue weighted by atomic mass is 16.5. The van der Waals surface area contributed by atoms with Crippen LogP contribution in [0.3, 0.4) is 0 Å². The number of rotatable bonds is 6. The smallest absolute Gasteiger partial charge is 0.137 e. The number of hydrogen-bond acceptors (Lipinski definition) is 3. The molecule has 0 amide bonds. The van der Waals surface area contributed by atoms with Crippen LogP contribution in [0.4, 0.5) is 0 Å². The van der Waals surface area contributed by atoms with Gasteiger partial charge in [-0.05, 0) is 24.5 Å². The van der Waals surface area contributed by atoms with Crippen LogP contribution in [0.1, 0.15) is 20.3 Å². The van der Waals surface area contributed by atoms with E-state index in [9.17, 15) is 5.11 Å². The molecule has 90 valence electrons. The van der Waals surface area contributed by atoms with Crippen LogP contribution in [-0.2, 0) is 0 Å². The topological polar surface area (TPSA) is 55.5 Å². The lowest BCUT2D eigenvalue weighted by atomic mass is 10.0. The monoisotopic (exact) mass is 223 g/mol. The van der Waals surface area contributed by atoms with Crippen molar-refractivity contribution in [3.05, 3.63) is 30.3 Å². The Morgan fingerprint density at radius 2 is 1.88 bits per heavy atom. The summed E-state index contributed by atoms with van der Waals surface area (Å²) in [6.45, 7) is 4.16. The summed E-state index contributed by atoms with van der Waals surface area (Å²) in [6.07, 6.45) is 0.516. The van der Waals surface area contributed by atoms with Gasteiger partial charge in [-0.3, -0.25) is 0 Å². The molecule has 0 bridgehead atoms. The molecule has 0 aliphatic heterocycles. The maximum atomic E-state index is 9.27. The molecule has 0 heterocycles. The molecule has 0 radical (unpaired) electrons. The minimum absolute atomic E-state index is 0.0528. The first-order chi connectivity index (χ1) is 7.63. The van der Waals surface area contributed by atoms with Crippen LogP contribution >= 0.6 is 0 Å². The van der Waals surface area contributed by atoms with Crippen molar-refractivity contribution >= 4 is 0 Å². The molecule has 0 spiro atoms. The van der Waals surface area contributed by atoms with Gasteiger partial charge in [0, 0.05) is 6.04 Å². The van der Waals surface area contributed by atoms with E-state index in [0.29, 0.717) is 5.92 Å². The van der Waals surface area contributed by atoms with Gasteiger partial charge in [-0.25, -0.2) is 0 Å². The standard InChI is InChI=1S/C13H21NO2/c1-10(2)8-12(14)13(9-15)16-11-6-4-3-5-7-11/h3-7,10,12-13,15H,8-9,14H2,1-2H3. The Morgan fingerprint density at radius 3 is 2.38 bits per heavy atom. The van der Waals surface area contributed by atoms with Gasteiger partial charge in [0.1, 0.15) is 11.9 Å². The Balaban J connectivity index is 2.55. The molecule has 0 fully saturated rings. The van der Waals surface area contributed by atoms with Crippen molar-refractivity contribution < 1.29 is 9.84 Å². The number of aliphatic hydroxyl groups excluding tert-OH is 1. The molecule has 3 N–H and O–H groups in total. The van der Waals surface area contributed by atoms with E-state index < -0.39 is 0 Å². The van der Waals surface area contributed by atoms with Crippen LogP contribution in [0.25, 0.3) is 0 Å². The van der Waals surface area contributed by atoms with Gasteiger partial charge in [0.15, 0.2) is 0 Å². The first-order valence-electron chi connectivity index (χ1n) is 5.71. The van der Waals surface area contributed by atoms with Gasteiger partial charge in [-0.15, -0.1) is 0 Å². The van der Waals surface area contributed by atoms with Crippen molar-refractivity contribution in [1.82, 2.24) is 0 Å². The van der Waals surface area contributed by atoms with Crippen LogP contribution in [0, 0.1) is 5.92 Å². The summed E-state index contributed by atoms with van der Waals surface area (Å²) >= 11 is 0. The number of para-hydroxylation sites is 1. The van der Waals surface area contributed by atoms with E-state index in [0.717, 1.165) is 12.2 Å². The summed E-state index contributed by atoms with van der Waals surface area (Å²) in [7, 11) is 0. The molecule has 0 aliphatic carbocycles. The van der Waals surface area contributed by atoms with Crippen LogP contribution in [-0.4, -0.2) is 23.9 Å². The van der Waals surface area contributed by atoms with E-state index in [1.54, 1.807) is 0 Å². The van der Waals surface area contributed by atoms with Crippen LogP contribution in [0.2, 0.25) is 0 Å². The zero-order valence-corrected chi connectivity index (χ0v) is 9.97. The second kappa shape index (κ2) is 6.51. The number of aliphatic hydroxyl groups is 1. The van der Waals surface area contributed by atoms with E-state index in [2.05, 4.69) is 13.8 Å². The lowest BCUT2D eigenvalue weighted by Crippen LogP contribution is -2.42. The Labute approximate surface area is 97.2 Å². The lowest BCUT2D eigenvalue weighted by Gasteiger charge is -2.24. The molecule has 1 rings (SSSR count). The number of hydrogen-bond donors (Lipinski definition) is 2.